The molecule has 3 aromatic rings. The van der Waals surface area contributed by atoms with Crippen LogP contribution < -0.4 is 16.0 Å². The van der Waals surface area contributed by atoms with E-state index in [0.717, 1.165) is 108 Å². The van der Waals surface area contributed by atoms with Crippen LogP contribution >= 0.6 is 117 Å². The van der Waals surface area contributed by atoms with E-state index in [1.54, 1.807) is 94.1 Å². The molecule has 15 nitrogen and oxygen atoms in total. The van der Waals surface area contributed by atoms with Crippen LogP contribution in [0.15, 0.2) is 58.2 Å². The summed E-state index contributed by atoms with van der Waals surface area (Å²) in [4.78, 5) is 57.5. The fraction of sp³-hybridized carbons (Fsp3) is 0.720. The van der Waals surface area contributed by atoms with Crippen LogP contribution in [0.5, 0.6) is 0 Å². The highest BCUT2D eigenvalue weighted by Crippen LogP contribution is 2.28. The van der Waals surface area contributed by atoms with Crippen molar-refractivity contribution in [1.82, 2.24) is 44.9 Å². The van der Waals surface area contributed by atoms with Crippen LogP contribution in [-0.2, 0) is 0 Å². The molecule has 24 heteroatoms. The smallest absolute Gasteiger partial charge is 0.227 e. The average molecular weight is 1280 g/mol. The van der Waals surface area contributed by atoms with Gasteiger partial charge in [0.2, 0.25) is 17.8 Å². The molecule has 0 saturated carbocycles. The van der Waals surface area contributed by atoms with Crippen molar-refractivity contribution in [3.8, 4) is 0 Å². The van der Waals surface area contributed by atoms with E-state index in [9.17, 15) is 0 Å². The lowest BCUT2D eigenvalue weighted by Crippen LogP contribution is -2.22. The number of aliphatic imine (C=N–C) groups is 3. The minimum Gasteiger partial charge on any atom is -0.351 e. The normalized spacial score (nSPS) is 13.8. The van der Waals surface area contributed by atoms with E-state index in [4.69, 9.17) is 49.8 Å². The van der Waals surface area contributed by atoms with E-state index in [1.165, 1.54) is 51.4 Å². The Balaban J connectivity index is 1.70. The van der Waals surface area contributed by atoms with Gasteiger partial charge in [-0.1, -0.05) is 187 Å². The molecule has 3 rings (SSSR count). The Labute approximate surface area is 492 Å². The van der Waals surface area contributed by atoms with Crippen molar-refractivity contribution in [2.45, 2.75) is 201 Å². The fourth-order valence-corrected chi connectivity index (χ4v) is 13.4. The number of amidine groups is 1. The number of rotatable bonds is 40. The molecule has 0 fully saturated rings. The first kappa shape index (κ1) is 67.0. The maximum Gasteiger partial charge on any atom is 0.227 e. The Morgan fingerprint density at radius 1 is 0.527 bits per heavy atom. The van der Waals surface area contributed by atoms with Crippen molar-refractivity contribution in [3.05, 3.63) is 12.3 Å². The van der Waals surface area contributed by atoms with Crippen LogP contribution in [0.25, 0.3) is 0 Å². The van der Waals surface area contributed by atoms with E-state index in [0.29, 0.717) is 45.6 Å². The lowest BCUT2D eigenvalue weighted by atomic mass is 10.1. The van der Waals surface area contributed by atoms with Crippen molar-refractivity contribution in [1.29, 1.82) is 0 Å². The van der Waals surface area contributed by atoms with Gasteiger partial charge in [-0.3, -0.25) is 4.99 Å². The lowest BCUT2D eigenvalue weighted by Gasteiger charge is -2.17. The summed E-state index contributed by atoms with van der Waals surface area (Å²) in [5, 5.41) is 15.8. The third kappa shape index (κ3) is 31.3. The van der Waals surface area contributed by atoms with Crippen LogP contribution in [0.2, 0.25) is 0 Å². The van der Waals surface area contributed by atoms with Gasteiger partial charge in [0.25, 0.3) is 0 Å². The maximum absolute atomic E-state index is 4.93. The number of hydrogen-bond acceptors (Lipinski definition) is 22. The molecule has 0 aromatic carbocycles. The Kier molecular flexibility index (Phi) is 37.8. The second kappa shape index (κ2) is 41.7. The number of unbranched alkanes of at least 4 members (excludes halogenated alkanes) is 8. The van der Waals surface area contributed by atoms with Crippen molar-refractivity contribution >= 4 is 149 Å². The number of hydrogen-bond donors (Lipinski definition) is 3. The molecule has 0 saturated heterocycles. The van der Waals surface area contributed by atoms with Crippen molar-refractivity contribution < 1.29 is 0 Å². The number of nitrogens with one attached hydrogen (secondary N) is 3. The summed E-state index contributed by atoms with van der Waals surface area (Å²) in [6.45, 7) is 23.8. The molecular formula is C50H84IN15S8. The Hall–Kier alpha value is -1.29. The number of allylic oxidation sites excluding steroid dienone is 1. The third-order valence-corrected chi connectivity index (χ3v) is 19.9. The van der Waals surface area contributed by atoms with Crippen LogP contribution in [0.4, 0.5) is 17.8 Å². The van der Waals surface area contributed by atoms with Crippen molar-refractivity contribution in [3.63, 3.8) is 0 Å². The standard InChI is InChI=1S/C50H84IN15S8/c1-12-17-21-27-67-44(53-16-5)57-36(7)26-25-35(6)31-72-48-61-42(59-45(64-48)68-28-22-18-13-2)55-38(9)33-74-50-63-43(60-47(66-50)70-30-24-20-15-4)56-39(10)34-73-49-62-41(54-37(8)32-71-40(51)52-11)58-46(65-49)69-29-23-19-14-3/h16,35,37-39H,7,12-15,17-34H2,1-6,8-11H3,(H,54,58,62,65)(H,55,59,61,64)(H,56,60,63,66)/b52-40+,53-16-,57-44+. The Morgan fingerprint density at radius 3 is 1.30 bits per heavy atom. The average Bonchev–Trinajstić information content (AvgIpc) is 3.38. The number of thioether (sulfide) groups is 8. The zero-order valence-electron chi connectivity index (χ0n) is 45.7. The number of anilines is 3. The second-order valence-corrected chi connectivity index (χ2v) is 27.7. The van der Waals surface area contributed by atoms with Gasteiger partial charge in [0.15, 0.2) is 36.1 Å². The van der Waals surface area contributed by atoms with E-state index in [1.807, 2.05) is 20.2 Å². The van der Waals surface area contributed by atoms with E-state index >= 15 is 0 Å². The summed E-state index contributed by atoms with van der Waals surface area (Å²) in [6, 6.07) is 0.187. The predicted octanol–water partition coefficient (Wildman–Crippen LogP) is 15.6. The highest BCUT2D eigenvalue weighted by Gasteiger charge is 2.18. The molecule has 74 heavy (non-hydrogen) atoms. The van der Waals surface area contributed by atoms with E-state index in [-0.39, 0.29) is 18.1 Å². The highest BCUT2D eigenvalue weighted by molar-refractivity contribution is 14.1. The van der Waals surface area contributed by atoms with Gasteiger partial charge in [0.1, 0.15) is 3.05 Å². The topological polar surface area (TPSA) is 189 Å². The molecule has 3 aromatic heterocycles. The first-order valence-electron chi connectivity index (χ1n) is 26.3. The summed E-state index contributed by atoms with van der Waals surface area (Å²) in [5.41, 5.74) is 0.875. The molecular weight excluding hydrogens is 1190 g/mol. The van der Waals surface area contributed by atoms with Gasteiger partial charge in [-0.15, -0.1) is 0 Å². The largest absolute Gasteiger partial charge is 0.351 e. The quantitative estimate of drug-likeness (QED) is 0.0160. The Bertz CT molecular complexity index is 2120. The number of nitrogens with zero attached hydrogens (tertiary/aromatic N) is 12. The Morgan fingerprint density at radius 2 is 0.905 bits per heavy atom. The maximum atomic E-state index is 4.93. The summed E-state index contributed by atoms with van der Waals surface area (Å²) in [7, 11) is 1.82. The second-order valence-electron chi connectivity index (χ2n) is 17.7. The molecule has 0 spiro atoms. The molecule has 4 atom stereocenters. The minimum atomic E-state index is 0.0166. The summed E-state index contributed by atoms with van der Waals surface area (Å²) >= 11 is 15.7. The van der Waals surface area contributed by atoms with Gasteiger partial charge >= 0.3 is 0 Å². The first-order chi connectivity index (χ1) is 35.9. The molecule has 3 heterocycles. The molecule has 4 unspecified atom stereocenters. The molecule has 0 radical (unpaired) electrons. The zero-order chi connectivity index (χ0) is 53.8. The highest BCUT2D eigenvalue weighted by atomic mass is 127. The summed E-state index contributed by atoms with van der Waals surface area (Å²) < 4.78 is 1.03. The molecule has 0 amide bonds. The monoisotopic (exact) mass is 1280 g/mol. The van der Waals surface area contributed by atoms with Crippen molar-refractivity contribution in [2.75, 3.05) is 69.0 Å². The SMILES string of the molecule is C=C(CCC(C)CSc1nc(NC(C)CSc2nc(NC(C)CSc3nc(NC(C)CS/C(I)=N/C)nc(SCCCCC)n3)nc(SCCCCC)n2)nc(SCCCCC)n1)/N=C(\N=C/C)SCCCCC. The van der Waals surface area contributed by atoms with Crippen LogP contribution in [0, 0.1) is 5.92 Å². The fourth-order valence-electron chi connectivity index (χ4n) is 6.21. The van der Waals surface area contributed by atoms with E-state index < -0.39 is 0 Å². The van der Waals surface area contributed by atoms with Gasteiger partial charge in [-0.2, -0.15) is 44.9 Å². The van der Waals surface area contributed by atoms with Gasteiger partial charge in [0.05, 0.1) is 0 Å². The van der Waals surface area contributed by atoms with Gasteiger partial charge in [-0.25, -0.2) is 9.98 Å². The first-order valence-corrected chi connectivity index (χ1v) is 35.3. The number of aromatic nitrogens is 9. The van der Waals surface area contributed by atoms with Crippen LogP contribution in [-0.4, -0.2) is 130 Å². The zero-order valence-corrected chi connectivity index (χ0v) is 54.4. The molecule has 3 N–H and O–H groups in total. The lowest BCUT2D eigenvalue weighted by molar-refractivity contribution is 0.592. The third-order valence-electron chi connectivity index (χ3n) is 10.3. The van der Waals surface area contributed by atoms with Crippen LogP contribution in [0.3, 0.4) is 0 Å². The molecule has 414 valence electrons. The van der Waals surface area contributed by atoms with E-state index in [2.05, 4.69) is 110 Å². The predicted molar refractivity (Wildman–Crippen MR) is 343 cm³/mol. The molecule has 0 bridgehead atoms. The van der Waals surface area contributed by atoms with Gasteiger partial charge in [0, 0.05) is 83.1 Å². The molecule has 0 aliphatic heterocycles. The van der Waals surface area contributed by atoms with Crippen molar-refractivity contribution in [2.24, 2.45) is 20.9 Å². The van der Waals surface area contributed by atoms with Gasteiger partial charge < -0.3 is 16.0 Å². The molecule has 0 aliphatic rings. The van der Waals surface area contributed by atoms with Gasteiger partial charge in [-0.05, 0) is 94.7 Å². The summed E-state index contributed by atoms with van der Waals surface area (Å²) in [6.07, 6.45) is 17.7. The summed E-state index contributed by atoms with van der Waals surface area (Å²) in [5.74, 6) is 9.26. The number of halogens is 1. The molecule has 0 aliphatic carbocycles. The minimum absolute atomic E-state index is 0.0166. The van der Waals surface area contributed by atoms with Crippen LogP contribution in [0.1, 0.15) is 152 Å².